The molecule has 0 aliphatic rings. The van der Waals surface area contributed by atoms with E-state index in [0.29, 0.717) is 6.04 Å². The van der Waals surface area contributed by atoms with E-state index in [1.54, 1.807) is 0 Å². The Hall–Kier alpha value is -0.830. The first-order valence-electron chi connectivity index (χ1n) is 7.43. The minimum Gasteiger partial charge on any atom is -0.310 e. The van der Waals surface area contributed by atoms with Crippen LogP contribution in [0.3, 0.4) is 0 Å². The van der Waals surface area contributed by atoms with Crippen molar-refractivity contribution >= 4 is 27.5 Å². The van der Waals surface area contributed by atoms with Crippen molar-refractivity contribution < 1.29 is 0 Å². The molecule has 0 fully saturated rings. The van der Waals surface area contributed by atoms with Crippen LogP contribution in [0.4, 0.5) is 0 Å². The molecule has 0 aliphatic heterocycles. The van der Waals surface area contributed by atoms with Crippen LogP contribution in [0, 0.1) is 0 Å². The number of benzene rings is 2. The third-order valence-corrected chi connectivity index (χ3v) is 4.41. The van der Waals surface area contributed by atoms with Crippen molar-refractivity contribution in [2.24, 2.45) is 0 Å². The number of hydrogen-bond donors (Lipinski definition) is 1. The number of aryl methyl sites for hydroxylation is 1. The van der Waals surface area contributed by atoms with Gasteiger partial charge in [0.15, 0.2) is 0 Å². The van der Waals surface area contributed by atoms with Crippen molar-refractivity contribution in [3.63, 3.8) is 0 Å². The molecule has 0 aliphatic carbocycles. The first kappa shape index (κ1) is 16.5. The van der Waals surface area contributed by atoms with E-state index >= 15 is 0 Å². The maximum absolute atomic E-state index is 6.39. The maximum Gasteiger partial charge on any atom is 0.0465 e. The molecule has 2 aromatic rings. The molecular formula is C18H21BrClN. The van der Waals surface area contributed by atoms with E-state index < -0.39 is 0 Å². The van der Waals surface area contributed by atoms with Gasteiger partial charge in [-0.2, -0.15) is 0 Å². The van der Waals surface area contributed by atoms with E-state index in [1.807, 2.05) is 6.07 Å². The molecule has 2 rings (SSSR count). The van der Waals surface area contributed by atoms with Gasteiger partial charge in [0.25, 0.3) is 0 Å². The van der Waals surface area contributed by atoms with Crippen LogP contribution in [0.2, 0.25) is 5.02 Å². The summed E-state index contributed by atoms with van der Waals surface area (Å²) in [6.07, 6.45) is 3.34. The van der Waals surface area contributed by atoms with Crippen LogP contribution in [0.15, 0.2) is 53.0 Å². The summed E-state index contributed by atoms with van der Waals surface area (Å²) in [5.74, 6) is 0. The monoisotopic (exact) mass is 365 g/mol. The molecule has 21 heavy (non-hydrogen) atoms. The van der Waals surface area contributed by atoms with Gasteiger partial charge in [0.05, 0.1) is 0 Å². The van der Waals surface area contributed by atoms with Crippen LogP contribution in [0.5, 0.6) is 0 Å². The lowest BCUT2D eigenvalue weighted by molar-refractivity contribution is 0.498. The average molecular weight is 367 g/mol. The summed E-state index contributed by atoms with van der Waals surface area (Å²) in [5.41, 5.74) is 2.59. The standard InChI is InChI=1S/C18H21BrClN/c1-2-21-18(16-12-11-15(19)13-17(16)20)10-6-9-14-7-4-3-5-8-14/h3-5,7-8,11-13,18,21H,2,6,9-10H2,1H3. The normalized spacial score (nSPS) is 12.3. The van der Waals surface area contributed by atoms with E-state index in [9.17, 15) is 0 Å². The van der Waals surface area contributed by atoms with Crippen LogP contribution in [0.1, 0.15) is 36.9 Å². The van der Waals surface area contributed by atoms with Crippen molar-refractivity contribution in [1.29, 1.82) is 0 Å². The number of nitrogens with one attached hydrogen (secondary N) is 1. The lowest BCUT2D eigenvalue weighted by Crippen LogP contribution is -2.21. The Labute approximate surface area is 140 Å². The zero-order valence-electron chi connectivity index (χ0n) is 12.3. The van der Waals surface area contributed by atoms with Gasteiger partial charge in [0, 0.05) is 15.5 Å². The molecule has 0 spiro atoms. The highest BCUT2D eigenvalue weighted by Gasteiger charge is 2.13. The molecule has 0 bridgehead atoms. The molecular weight excluding hydrogens is 346 g/mol. The molecule has 1 N–H and O–H groups in total. The van der Waals surface area contributed by atoms with Crippen LogP contribution in [-0.2, 0) is 6.42 Å². The zero-order valence-corrected chi connectivity index (χ0v) is 14.6. The fourth-order valence-corrected chi connectivity index (χ4v) is 3.36. The molecule has 0 saturated heterocycles. The van der Waals surface area contributed by atoms with E-state index in [4.69, 9.17) is 11.6 Å². The lowest BCUT2D eigenvalue weighted by atomic mass is 9.99. The van der Waals surface area contributed by atoms with Crippen molar-refractivity contribution in [3.8, 4) is 0 Å². The van der Waals surface area contributed by atoms with Gasteiger partial charge in [-0.15, -0.1) is 0 Å². The van der Waals surface area contributed by atoms with Crippen molar-refractivity contribution in [3.05, 3.63) is 69.2 Å². The predicted octanol–water partition coefficient (Wildman–Crippen LogP) is 5.78. The smallest absolute Gasteiger partial charge is 0.0465 e. The van der Waals surface area contributed by atoms with Gasteiger partial charge in [-0.25, -0.2) is 0 Å². The summed E-state index contributed by atoms with van der Waals surface area (Å²) in [7, 11) is 0. The Balaban J connectivity index is 1.98. The second kappa shape index (κ2) is 8.57. The predicted molar refractivity (Wildman–Crippen MR) is 94.9 cm³/mol. The summed E-state index contributed by atoms with van der Waals surface area (Å²) in [6.45, 7) is 3.08. The minimum atomic E-state index is 0.319. The Bertz CT molecular complexity index is 556. The summed E-state index contributed by atoms with van der Waals surface area (Å²) in [5, 5.41) is 4.37. The molecule has 0 saturated carbocycles. The van der Waals surface area contributed by atoms with Crippen LogP contribution < -0.4 is 5.32 Å². The summed E-state index contributed by atoms with van der Waals surface area (Å²) in [6, 6.07) is 17.1. The maximum atomic E-state index is 6.39. The van der Waals surface area contributed by atoms with Crippen LogP contribution in [-0.4, -0.2) is 6.54 Å². The van der Waals surface area contributed by atoms with E-state index in [2.05, 4.69) is 70.6 Å². The largest absolute Gasteiger partial charge is 0.310 e. The SMILES string of the molecule is CCNC(CCCc1ccccc1)c1ccc(Br)cc1Cl. The molecule has 2 aromatic carbocycles. The quantitative estimate of drug-likeness (QED) is 0.655. The van der Waals surface area contributed by atoms with Crippen LogP contribution in [0.25, 0.3) is 0 Å². The molecule has 1 atom stereocenters. The first-order valence-corrected chi connectivity index (χ1v) is 8.60. The second-order valence-electron chi connectivity index (χ2n) is 5.15. The van der Waals surface area contributed by atoms with Crippen LogP contribution >= 0.6 is 27.5 Å². The molecule has 1 nitrogen and oxygen atoms in total. The highest BCUT2D eigenvalue weighted by Crippen LogP contribution is 2.29. The Morgan fingerprint density at radius 3 is 2.57 bits per heavy atom. The van der Waals surface area contributed by atoms with Crippen molar-refractivity contribution in [2.45, 2.75) is 32.2 Å². The van der Waals surface area contributed by atoms with Crippen molar-refractivity contribution in [2.75, 3.05) is 6.54 Å². The van der Waals surface area contributed by atoms with Gasteiger partial charge in [-0.3, -0.25) is 0 Å². The second-order valence-corrected chi connectivity index (χ2v) is 6.48. The Morgan fingerprint density at radius 2 is 1.90 bits per heavy atom. The topological polar surface area (TPSA) is 12.0 Å². The van der Waals surface area contributed by atoms with Crippen molar-refractivity contribution in [1.82, 2.24) is 5.32 Å². The zero-order chi connectivity index (χ0) is 15.1. The molecule has 112 valence electrons. The van der Waals surface area contributed by atoms with E-state index in [-0.39, 0.29) is 0 Å². The molecule has 3 heteroatoms. The number of hydrogen-bond acceptors (Lipinski definition) is 1. The minimum absolute atomic E-state index is 0.319. The molecule has 0 radical (unpaired) electrons. The molecule has 0 heterocycles. The third-order valence-electron chi connectivity index (χ3n) is 3.59. The number of rotatable bonds is 7. The van der Waals surface area contributed by atoms with Gasteiger partial charge in [0.2, 0.25) is 0 Å². The lowest BCUT2D eigenvalue weighted by Gasteiger charge is -2.20. The van der Waals surface area contributed by atoms with E-state index in [1.165, 1.54) is 11.1 Å². The fourth-order valence-electron chi connectivity index (χ4n) is 2.55. The van der Waals surface area contributed by atoms with Gasteiger partial charge in [-0.1, -0.05) is 70.9 Å². The molecule has 1 unspecified atom stereocenters. The third kappa shape index (κ3) is 5.14. The van der Waals surface area contributed by atoms with E-state index in [0.717, 1.165) is 35.3 Å². The summed E-state index contributed by atoms with van der Waals surface area (Å²) >= 11 is 9.85. The van der Waals surface area contributed by atoms with Gasteiger partial charge >= 0.3 is 0 Å². The average Bonchev–Trinajstić information content (AvgIpc) is 2.48. The Kier molecular flexibility index (Phi) is 6.75. The van der Waals surface area contributed by atoms with Gasteiger partial charge in [0.1, 0.15) is 0 Å². The summed E-state index contributed by atoms with van der Waals surface area (Å²) in [4.78, 5) is 0. The fraction of sp³-hybridized carbons (Fsp3) is 0.333. The summed E-state index contributed by atoms with van der Waals surface area (Å²) < 4.78 is 1.02. The van der Waals surface area contributed by atoms with Gasteiger partial charge in [-0.05, 0) is 49.1 Å². The highest BCUT2D eigenvalue weighted by molar-refractivity contribution is 9.10. The number of halogens is 2. The highest BCUT2D eigenvalue weighted by atomic mass is 79.9. The Morgan fingerprint density at radius 1 is 1.14 bits per heavy atom. The molecule has 0 amide bonds. The van der Waals surface area contributed by atoms with Gasteiger partial charge < -0.3 is 5.32 Å². The first-order chi connectivity index (χ1) is 10.2. The molecule has 0 aromatic heterocycles.